The Morgan fingerprint density at radius 2 is 1.76 bits per heavy atom. The Kier molecular flexibility index (Phi) is 5.70. The van der Waals surface area contributed by atoms with Crippen LogP contribution in [0.2, 0.25) is 0 Å². The highest BCUT2D eigenvalue weighted by Crippen LogP contribution is 2.16. The largest absolute Gasteiger partial charge is 0.359 e. The molecule has 0 radical (unpaired) electrons. The van der Waals surface area contributed by atoms with Crippen LogP contribution in [0.4, 0.5) is 4.39 Å². The van der Waals surface area contributed by atoms with Gasteiger partial charge in [-0.05, 0) is 54.5 Å². The molecular formula is C16H16BrFN2S. The van der Waals surface area contributed by atoms with Crippen molar-refractivity contribution in [2.45, 2.75) is 19.5 Å². The molecule has 0 heterocycles. The van der Waals surface area contributed by atoms with Gasteiger partial charge in [0.2, 0.25) is 0 Å². The smallest absolute Gasteiger partial charge is 0.167 e. The summed E-state index contributed by atoms with van der Waals surface area (Å²) in [5, 5.41) is 6.93. The normalized spacial score (nSPS) is 11.8. The van der Waals surface area contributed by atoms with Gasteiger partial charge in [0, 0.05) is 11.0 Å². The zero-order chi connectivity index (χ0) is 15.2. The lowest BCUT2D eigenvalue weighted by molar-refractivity contribution is 0.626. The fraction of sp³-hybridized carbons (Fsp3) is 0.188. The van der Waals surface area contributed by atoms with E-state index in [-0.39, 0.29) is 11.9 Å². The van der Waals surface area contributed by atoms with Crippen molar-refractivity contribution in [2.75, 3.05) is 0 Å². The van der Waals surface area contributed by atoms with Crippen LogP contribution in [0, 0.1) is 5.82 Å². The van der Waals surface area contributed by atoms with Crippen LogP contribution in [0.5, 0.6) is 0 Å². The summed E-state index contributed by atoms with van der Waals surface area (Å²) in [6.45, 7) is 2.62. The maximum atomic E-state index is 12.8. The lowest BCUT2D eigenvalue weighted by atomic mass is 10.1. The van der Waals surface area contributed by atoms with Gasteiger partial charge in [-0.15, -0.1) is 0 Å². The van der Waals surface area contributed by atoms with Crippen LogP contribution in [0.15, 0.2) is 53.0 Å². The average Bonchev–Trinajstić information content (AvgIpc) is 2.47. The number of halogens is 2. The maximum absolute atomic E-state index is 12.8. The van der Waals surface area contributed by atoms with Crippen LogP contribution in [-0.2, 0) is 6.54 Å². The zero-order valence-electron chi connectivity index (χ0n) is 11.6. The molecule has 21 heavy (non-hydrogen) atoms. The fourth-order valence-electron chi connectivity index (χ4n) is 1.87. The van der Waals surface area contributed by atoms with Gasteiger partial charge in [-0.3, -0.25) is 0 Å². The van der Waals surface area contributed by atoms with Crippen molar-refractivity contribution in [3.8, 4) is 0 Å². The van der Waals surface area contributed by atoms with Crippen LogP contribution >= 0.6 is 28.1 Å². The van der Waals surface area contributed by atoms with Gasteiger partial charge in [0.15, 0.2) is 5.11 Å². The zero-order valence-corrected chi connectivity index (χ0v) is 14.0. The average molecular weight is 367 g/mol. The van der Waals surface area contributed by atoms with E-state index in [0.717, 1.165) is 15.6 Å². The number of hydrogen-bond acceptors (Lipinski definition) is 1. The minimum absolute atomic E-state index is 0.117. The maximum Gasteiger partial charge on any atom is 0.167 e. The molecule has 2 rings (SSSR count). The molecule has 5 heteroatoms. The van der Waals surface area contributed by atoms with E-state index in [9.17, 15) is 4.39 Å². The molecule has 0 spiro atoms. The van der Waals surface area contributed by atoms with Gasteiger partial charge in [0.05, 0.1) is 6.04 Å². The van der Waals surface area contributed by atoms with Gasteiger partial charge >= 0.3 is 0 Å². The molecule has 2 aromatic rings. The second-order valence-corrected chi connectivity index (χ2v) is 6.05. The van der Waals surface area contributed by atoms with Crippen molar-refractivity contribution in [1.82, 2.24) is 10.6 Å². The predicted octanol–water partition coefficient (Wildman–Crippen LogP) is 4.31. The third-order valence-corrected chi connectivity index (χ3v) is 3.87. The van der Waals surface area contributed by atoms with E-state index in [1.165, 1.54) is 12.1 Å². The number of benzene rings is 2. The minimum Gasteiger partial charge on any atom is -0.359 e. The van der Waals surface area contributed by atoms with E-state index in [4.69, 9.17) is 12.2 Å². The van der Waals surface area contributed by atoms with Gasteiger partial charge in [-0.25, -0.2) is 4.39 Å². The summed E-state index contributed by atoms with van der Waals surface area (Å²) in [5.74, 6) is -0.233. The second kappa shape index (κ2) is 7.52. The first-order chi connectivity index (χ1) is 10.0. The predicted molar refractivity (Wildman–Crippen MR) is 91.5 cm³/mol. The van der Waals surface area contributed by atoms with Gasteiger partial charge in [0.25, 0.3) is 0 Å². The summed E-state index contributed by atoms with van der Waals surface area (Å²) < 4.78 is 13.9. The highest BCUT2D eigenvalue weighted by Gasteiger charge is 2.06. The third-order valence-electron chi connectivity index (χ3n) is 3.08. The van der Waals surface area contributed by atoms with E-state index < -0.39 is 0 Å². The van der Waals surface area contributed by atoms with Crippen molar-refractivity contribution < 1.29 is 4.39 Å². The molecule has 0 amide bonds. The molecule has 0 aromatic heterocycles. The van der Waals surface area contributed by atoms with Crippen LogP contribution in [0.1, 0.15) is 24.1 Å². The molecule has 0 aliphatic carbocycles. The Hall–Kier alpha value is -1.46. The third kappa shape index (κ3) is 5.10. The Bertz CT molecular complexity index is 599. The Balaban J connectivity index is 1.83. The van der Waals surface area contributed by atoms with E-state index in [2.05, 4.69) is 33.5 Å². The minimum atomic E-state index is -0.233. The van der Waals surface area contributed by atoms with Crippen LogP contribution < -0.4 is 10.6 Å². The molecule has 0 saturated carbocycles. The first-order valence-electron chi connectivity index (χ1n) is 6.59. The monoisotopic (exact) mass is 366 g/mol. The van der Waals surface area contributed by atoms with Crippen LogP contribution in [0.3, 0.4) is 0 Å². The number of nitrogens with one attached hydrogen (secondary N) is 2. The van der Waals surface area contributed by atoms with Crippen molar-refractivity contribution >= 4 is 33.3 Å². The van der Waals surface area contributed by atoms with E-state index in [1.54, 1.807) is 12.1 Å². The molecule has 1 atom stereocenters. The molecule has 0 aliphatic rings. The first-order valence-corrected chi connectivity index (χ1v) is 7.79. The second-order valence-electron chi connectivity index (χ2n) is 4.73. The molecule has 110 valence electrons. The quantitative estimate of drug-likeness (QED) is 0.788. The Morgan fingerprint density at radius 1 is 1.14 bits per heavy atom. The number of thiocarbonyl (C=S) groups is 1. The summed E-state index contributed by atoms with van der Waals surface area (Å²) >= 11 is 8.69. The highest BCUT2D eigenvalue weighted by molar-refractivity contribution is 9.10. The standard InChI is InChI=1S/C16H16BrFN2S/c1-11(13-4-6-14(17)7-5-13)20-16(21)19-10-12-2-8-15(18)9-3-12/h2-9,11H,10H2,1H3,(H2,19,20,21)/t11-/m1/s1. The lowest BCUT2D eigenvalue weighted by Gasteiger charge is -2.17. The highest BCUT2D eigenvalue weighted by atomic mass is 79.9. The van der Waals surface area contributed by atoms with Gasteiger partial charge in [-0.2, -0.15) is 0 Å². The number of rotatable bonds is 4. The molecule has 0 unspecified atom stereocenters. The van der Waals surface area contributed by atoms with Crippen LogP contribution in [-0.4, -0.2) is 5.11 Å². The van der Waals surface area contributed by atoms with Gasteiger partial charge in [-0.1, -0.05) is 40.2 Å². The van der Waals surface area contributed by atoms with Crippen LogP contribution in [0.25, 0.3) is 0 Å². The van der Waals surface area contributed by atoms with E-state index in [1.807, 2.05) is 24.3 Å². The van der Waals surface area contributed by atoms with E-state index >= 15 is 0 Å². The summed E-state index contributed by atoms with van der Waals surface area (Å²) in [6, 6.07) is 14.6. The molecular weight excluding hydrogens is 351 g/mol. The molecule has 2 nitrogen and oxygen atoms in total. The van der Waals surface area contributed by atoms with Gasteiger partial charge < -0.3 is 10.6 Å². The van der Waals surface area contributed by atoms with Crippen molar-refractivity contribution in [3.05, 3.63) is 69.9 Å². The van der Waals surface area contributed by atoms with Gasteiger partial charge in [0.1, 0.15) is 5.82 Å². The molecule has 0 fully saturated rings. The molecule has 2 aromatic carbocycles. The fourth-order valence-corrected chi connectivity index (χ4v) is 2.38. The summed E-state index contributed by atoms with van der Waals surface area (Å²) in [4.78, 5) is 0. The van der Waals surface area contributed by atoms with Crippen molar-refractivity contribution in [2.24, 2.45) is 0 Å². The summed E-state index contributed by atoms with van der Waals surface area (Å²) in [7, 11) is 0. The lowest BCUT2D eigenvalue weighted by Crippen LogP contribution is -2.36. The summed E-state index contributed by atoms with van der Waals surface area (Å²) in [5.41, 5.74) is 2.14. The number of hydrogen-bond donors (Lipinski definition) is 2. The van der Waals surface area contributed by atoms with Crippen molar-refractivity contribution in [1.29, 1.82) is 0 Å². The molecule has 2 N–H and O–H groups in total. The Labute approximate surface area is 137 Å². The topological polar surface area (TPSA) is 24.1 Å². The molecule has 0 aliphatic heterocycles. The molecule has 0 bridgehead atoms. The SMILES string of the molecule is C[C@@H](NC(=S)NCc1ccc(F)cc1)c1ccc(Br)cc1. The molecule has 0 saturated heterocycles. The first kappa shape index (κ1) is 15.9. The van der Waals surface area contributed by atoms with Crippen molar-refractivity contribution in [3.63, 3.8) is 0 Å². The Morgan fingerprint density at radius 3 is 2.38 bits per heavy atom. The van der Waals surface area contributed by atoms with E-state index in [0.29, 0.717) is 11.7 Å². The summed E-state index contributed by atoms with van der Waals surface area (Å²) in [6.07, 6.45) is 0.